The first-order valence-corrected chi connectivity index (χ1v) is 6.77. The van der Waals surface area contributed by atoms with Gasteiger partial charge >= 0.3 is 0 Å². The molecular weight excluding hydrogens is 238 g/mol. The van der Waals surface area contributed by atoms with Crippen LogP contribution in [-0.4, -0.2) is 30.4 Å². The zero-order valence-corrected chi connectivity index (χ0v) is 12.1. The van der Waals surface area contributed by atoms with Crippen molar-refractivity contribution in [2.75, 3.05) is 13.6 Å². The van der Waals surface area contributed by atoms with Crippen LogP contribution in [0.2, 0.25) is 0 Å². The molecule has 0 bridgehead atoms. The molecule has 0 aliphatic heterocycles. The lowest BCUT2D eigenvalue weighted by Crippen LogP contribution is -2.26. The summed E-state index contributed by atoms with van der Waals surface area (Å²) in [6, 6.07) is 8.84. The van der Waals surface area contributed by atoms with E-state index in [4.69, 9.17) is 5.73 Å². The van der Waals surface area contributed by atoms with Crippen LogP contribution >= 0.6 is 0 Å². The second kappa shape index (κ2) is 7.92. The summed E-state index contributed by atoms with van der Waals surface area (Å²) in [5.41, 5.74) is 7.73. The normalized spacial score (nSPS) is 11.1. The molecule has 4 nitrogen and oxygen atoms in total. The lowest BCUT2D eigenvalue weighted by atomic mass is 10.1. The number of benzene rings is 1. The molecule has 0 spiro atoms. The Kier molecular flexibility index (Phi) is 6.53. The summed E-state index contributed by atoms with van der Waals surface area (Å²) in [6.45, 7) is 6.24. The number of nitrogens with one attached hydrogen (secondary N) is 1. The Balaban J connectivity index is 2.54. The Bertz CT molecular complexity index is 404. The Morgan fingerprint density at radius 1 is 1.37 bits per heavy atom. The van der Waals surface area contributed by atoms with E-state index in [0.717, 1.165) is 12.1 Å². The molecule has 1 rings (SSSR count). The van der Waals surface area contributed by atoms with Crippen LogP contribution in [-0.2, 0) is 17.9 Å². The fourth-order valence-corrected chi connectivity index (χ4v) is 1.73. The minimum atomic E-state index is 0.00667. The van der Waals surface area contributed by atoms with Gasteiger partial charge in [0.15, 0.2) is 0 Å². The number of nitrogens with two attached hydrogens (primary N) is 1. The quantitative estimate of drug-likeness (QED) is 0.783. The van der Waals surface area contributed by atoms with Crippen LogP contribution in [0.1, 0.15) is 31.4 Å². The summed E-state index contributed by atoms with van der Waals surface area (Å²) in [5, 5.41) is 2.87. The Hall–Kier alpha value is -1.39. The monoisotopic (exact) mass is 263 g/mol. The van der Waals surface area contributed by atoms with Crippen molar-refractivity contribution in [1.82, 2.24) is 10.2 Å². The smallest absolute Gasteiger partial charge is 0.221 e. The molecule has 0 saturated carbocycles. The summed E-state index contributed by atoms with van der Waals surface area (Å²) in [4.78, 5) is 13.7. The fraction of sp³-hybridized carbons (Fsp3) is 0.533. The third-order valence-corrected chi connectivity index (χ3v) is 3.17. The minimum absolute atomic E-state index is 0.00667. The number of carbonyl (C=O) groups excluding carboxylic acids is 1. The van der Waals surface area contributed by atoms with Crippen molar-refractivity contribution < 1.29 is 4.79 Å². The highest BCUT2D eigenvalue weighted by Crippen LogP contribution is 2.09. The lowest BCUT2D eigenvalue weighted by Gasteiger charge is -2.21. The van der Waals surface area contributed by atoms with Gasteiger partial charge in [0.25, 0.3) is 0 Å². The number of nitrogens with zero attached hydrogens (tertiary/aromatic N) is 1. The molecule has 0 aliphatic carbocycles. The van der Waals surface area contributed by atoms with Crippen molar-refractivity contribution in [3.63, 3.8) is 0 Å². The molecule has 0 atom stereocenters. The summed E-state index contributed by atoms with van der Waals surface area (Å²) >= 11 is 0. The number of rotatable bonds is 7. The van der Waals surface area contributed by atoms with Crippen molar-refractivity contribution in [2.45, 2.75) is 39.4 Å². The molecule has 106 valence electrons. The predicted octanol–water partition coefficient (Wildman–Crippen LogP) is 1.49. The first-order valence-electron chi connectivity index (χ1n) is 6.77. The van der Waals surface area contributed by atoms with E-state index in [1.54, 1.807) is 0 Å². The zero-order valence-electron chi connectivity index (χ0n) is 12.1. The van der Waals surface area contributed by atoms with E-state index in [-0.39, 0.29) is 5.91 Å². The molecule has 0 heterocycles. The standard InChI is InChI=1S/C15H25N3O/c1-12(2)18(3)11-14-6-4-5-13(9-14)10-17-15(19)7-8-16/h4-6,9,12H,7-8,10-11,16H2,1-3H3,(H,17,19). The van der Waals surface area contributed by atoms with Crippen LogP contribution in [0, 0.1) is 0 Å². The first-order chi connectivity index (χ1) is 9.02. The number of hydrogen-bond acceptors (Lipinski definition) is 3. The molecule has 1 aromatic rings. The van der Waals surface area contributed by atoms with Crippen LogP contribution < -0.4 is 11.1 Å². The van der Waals surface area contributed by atoms with Crippen LogP contribution in [0.5, 0.6) is 0 Å². The van der Waals surface area contributed by atoms with Crippen molar-refractivity contribution >= 4 is 5.91 Å². The van der Waals surface area contributed by atoms with Gasteiger partial charge in [-0.15, -0.1) is 0 Å². The molecule has 19 heavy (non-hydrogen) atoms. The average Bonchev–Trinajstić information content (AvgIpc) is 2.37. The van der Waals surface area contributed by atoms with E-state index in [0.29, 0.717) is 25.6 Å². The maximum Gasteiger partial charge on any atom is 0.221 e. The number of amides is 1. The highest BCUT2D eigenvalue weighted by molar-refractivity contribution is 5.76. The van der Waals surface area contributed by atoms with Gasteiger partial charge in [-0.1, -0.05) is 24.3 Å². The zero-order chi connectivity index (χ0) is 14.3. The average molecular weight is 263 g/mol. The summed E-state index contributed by atoms with van der Waals surface area (Å²) < 4.78 is 0. The maximum absolute atomic E-state index is 11.4. The van der Waals surface area contributed by atoms with Gasteiger partial charge in [-0.25, -0.2) is 0 Å². The Morgan fingerprint density at radius 3 is 2.68 bits per heavy atom. The minimum Gasteiger partial charge on any atom is -0.352 e. The fourth-order valence-electron chi connectivity index (χ4n) is 1.73. The molecule has 0 fully saturated rings. The largest absolute Gasteiger partial charge is 0.352 e. The second-order valence-corrected chi connectivity index (χ2v) is 5.14. The third kappa shape index (κ3) is 5.85. The van der Waals surface area contributed by atoms with E-state index in [2.05, 4.69) is 43.2 Å². The second-order valence-electron chi connectivity index (χ2n) is 5.14. The predicted molar refractivity (Wildman–Crippen MR) is 78.6 cm³/mol. The summed E-state index contributed by atoms with van der Waals surface area (Å²) in [7, 11) is 2.11. The molecule has 1 aromatic carbocycles. The highest BCUT2D eigenvalue weighted by Gasteiger charge is 2.05. The van der Waals surface area contributed by atoms with Gasteiger partial charge in [-0.05, 0) is 32.0 Å². The molecule has 0 unspecified atom stereocenters. The lowest BCUT2D eigenvalue weighted by molar-refractivity contribution is -0.121. The van der Waals surface area contributed by atoms with E-state index in [1.807, 2.05) is 12.1 Å². The molecule has 0 saturated heterocycles. The summed E-state index contributed by atoms with van der Waals surface area (Å²) in [5.74, 6) is 0.00667. The van der Waals surface area contributed by atoms with Gasteiger partial charge < -0.3 is 11.1 Å². The van der Waals surface area contributed by atoms with Gasteiger partial charge in [0.05, 0.1) is 0 Å². The van der Waals surface area contributed by atoms with Gasteiger partial charge in [-0.2, -0.15) is 0 Å². The molecule has 0 aliphatic rings. The highest BCUT2D eigenvalue weighted by atomic mass is 16.1. The van der Waals surface area contributed by atoms with Crippen LogP contribution in [0.15, 0.2) is 24.3 Å². The van der Waals surface area contributed by atoms with Crippen LogP contribution in [0.4, 0.5) is 0 Å². The first kappa shape index (κ1) is 15.7. The molecule has 1 amide bonds. The van der Waals surface area contributed by atoms with Gasteiger partial charge in [-0.3, -0.25) is 9.69 Å². The van der Waals surface area contributed by atoms with E-state index in [1.165, 1.54) is 5.56 Å². The van der Waals surface area contributed by atoms with E-state index < -0.39 is 0 Å². The SMILES string of the molecule is CC(C)N(C)Cc1cccc(CNC(=O)CCN)c1. The van der Waals surface area contributed by atoms with Crippen molar-refractivity contribution in [1.29, 1.82) is 0 Å². The number of hydrogen-bond donors (Lipinski definition) is 2. The van der Waals surface area contributed by atoms with Gasteiger partial charge in [0.2, 0.25) is 5.91 Å². The maximum atomic E-state index is 11.4. The summed E-state index contributed by atoms with van der Waals surface area (Å²) in [6.07, 6.45) is 0.385. The van der Waals surface area contributed by atoms with Crippen LogP contribution in [0.25, 0.3) is 0 Å². The van der Waals surface area contributed by atoms with Crippen LogP contribution in [0.3, 0.4) is 0 Å². The molecule has 0 aromatic heterocycles. The third-order valence-electron chi connectivity index (χ3n) is 3.17. The molecule has 0 radical (unpaired) electrons. The van der Waals surface area contributed by atoms with E-state index in [9.17, 15) is 4.79 Å². The van der Waals surface area contributed by atoms with Crippen molar-refractivity contribution in [3.05, 3.63) is 35.4 Å². The molecular formula is C15H25N3O. The molecule has 4 heteroatoms. The topological polar surface area (TPSA) is 58.4 Å². The Labute approximate surface area is 116 Å². The molecule has 3 N–H and O–H groups in total. The van der Waals surface area contributed by atoms with E-state index >= 15 is 0 Å². The van der Waals surface area contributed by atoms with Gasteiger partial charge in [0.1, 0.15) is 0 Å². The van der Waals surface area contributed by atoms with Crippen molar-refractivity contribution in [2.24, 2.45) is 5.73 Å². The number of carbonyl (C=O) groups is 1. The van der Waals surface area contributed by atoms with Gasteiger partial charge in [0, 0.05) is 32.1 Å². The Morgan fingerprint density at radius 2 is 2.05 bits per heavy atom. The van der Waals surface area contributed by atoms with Crippen molar-refractivity contribution in [3.8, 4) is 0 Å².